The second-order valence-electron chi connectivity index (χ2n) is 3.58. The van der Waals surface area contributed by atoms with Gasteiger partial charge in [0.1, 0.15) is 16.6 Å². The number of nitrogens with one attached hydrogen (secondary N) is 1. The van der Waals surface area contributed by atoms with Crippen LogP contribution in [0.1, 0.15) is 10.7 Å². The molecule has 5 heteroatoms. The minimum Gasteiger partial charge on any atom is -0.494 e. The number of ether oxygens (including phenoxy) is 1. The highest BCUT2D eigenvalue weighted by atomic mass is 32.1. The van der Waals surface area contributed by atoms with Crippen LogP contribution >= 0.6 is 11.3 Å². The Morgan fingerprint density at radius 1 is 1.47 bits per heavy atom. The van der Waals surface area contributed by atoms with Crippen LogP contribution < -0.4 is 10.1 Å². The van der Waals surface area contributed by atoms with Crippen LogP contribution in [0.2, 0.25) is 0 Å². The fourth-order valence-electron chi connectivity index (χ4n) is 1.47. The van der Waals surface area contributed by atoms with Crippen LogP contribution in [0, 0.1) is 12.7 Å². The molecule has 0 atom stereocenters. The number of thiazole rings is 1. The molecule has 3 nitrogen and oxygen atoms in total. The van der Waals surface area contributed by atoms with E-state index in [2.05, 4.69) is 10.3 Å². The van der Waals surface area contributed by atoms with Crippen LogP contribution in [0.3, 0.4) is 0 Å². The largest absolute Gasteiger partial charge is 0.494 e. The molecule has 0 spiro atoms. The quantitative estimate of drug-likeness (QED) is 0.907. The number of hydrogen-bond acceptors (Lipinski definition) is 4. The van der Waals surface area contributed by atoms with Gasteiger partial charge in [0.25, 0.3) is 0 Å². The van der Waals surface area contributed by atoms with Crippen LogP contribution in [0.5, 0.6) is 5.75 Å². The van der Waals surface area contributed by atoms with Crippen LogP contribution in [-0.4, -0.2) is 12.1 Å². The van der Waals surface area contributed by atoms with Crippen molar-refractivity contribution in [3.63, 3.8) is 0 Å². The minimum absolute atomic E-state index is 0.308. The lowest BCUT2D eigenvalue weighted by molar-refractivity contribution is 0.413. The van der Waals surface area contributed by atoms with Crippen molar-refractivity contribution in [2.75, 3.05) is 12.4 Å². The molecule has 0 aliphatic heterocycles. The molecule has 0 saturated carbocycles. The number of nitrogens with zero attached hydrogens (tertiary/aromatic N) is 1. The summed E-state index contributed by atoms with van der Waals surface area (Å²) in [5.41, 5.74) is 1.78. The number of anilines is 1. The van der Waals surface area contributed by atoms with E-state index in [1.807, 2.05) is 12.3 Å². The van der Waals surface area contributed by atoms with Gasteiger partial charge in [-0.05, 0) is 19.1 Å². The van der Waals surface area contributed by atoms with Gasteiger partial charge in [-0.2, -0.15) is 0 Å². The molecule has 2 rings (SSSR count). The first-order valence-corrected chi connectivity index (χ1v) is 6.05. The van der Waals surface area contributed by atoms with Crippen LogP contribution in [0.25, 0.3) is 0 Å². The van der Waals surface area contributed by atoms with E-state index in [4.69, 9.17) is 4.74 Å². The third-order valence-electron chi connectivity index (χ3n) is 2.26. The van der Waals surface area contributed by atoms with Gasteiger partial charge in [0, 0.05) is 17.1 Å². The van der Waals surface area contributed by atoms with Crippen molar-refractivity contribution in [3.8, 4) is 5.75 Å². The van der Waals surface area contributed by atoms with Gasteiger partial charge in [-0.3, -0.25) is 0 Å². The highest BCUT2D eigenvalue weighted by molar-refractivity contribution is 7.09. The first kappa shape index (κ1) is 11.9. The van der Waals surface area contributed by atoms with Crippen molar-refractivity contribution in [2.45, 2.75) is 13.5 Å². The van der Waals surface area contributed by atoms with Crippen molar-refractivity contribution in [1.29, 1.82) is 0 Å². The number of benzene rings is 1. The van der Waals surface area contributed by atoms with E-state index in [-0.39, 0.29) is 5.82 Å². The summed E-state index contributed by atoms with van der Waals surface area (Å²) in [5, 5.41) is 6.17. The average molecular weight is 252 g/mol. The highest BCUT2D eigenvalue weighted by Gasteiger charge is 2.05. The topological polar surface area (TPSA) is 34.1 Å². The molecule has 0 bridgehead atoms. The first-order chi connectivity index (χ1) is 8.19. The second kappa shape index (κ2) is 5.14. The lowest BCUT2D eigenvalue weighted by Crippen LogP contribution is -2.01. The van der Waals surface area contributed by atoms with E-state index in [9.17, 15) is 4.39 Å². The van der Waals surface area contributed by atoms with Crippen molar-refractivity contribution in [3.05, 3.63) is 40.1 Å². The van der Waals surface area contributed by atoms with Gasteiger partial charge >= 0.3 is 0 Å². The smallest absolute Gasteiger partial charge is 0.144 e. The summed E-state index contributed by atoms with van der Waals surface area (Å²) in [6.45, 7) is 2.57. The molecule has 0 aliphatic carbocycles. The molecular formula is C12H13FN2OS. The number of rotatable bonds is 4. The monoisotopic (exact) mass is 252 g/mol. The maximum Gasteiger partial charge on any atom is 0.144 e. The Morgan fingerprint density at radius 3 is 2.94 bits per heavy atom. The number of aromatic nitrogens is 1. The molecule has 0 saturated heterocycles. The molecule has 2 aromatic rings. The van der Waals surface area contributed by atoms with E-state index in [1.54, 1.807) is 17.4 Å². The van der Waals surface area contributed by atoms with E-state index < -0.39 is 0 Å². The average Bonchev–Trinajstić information content (AvgIpc) is 2.73. The SMILES string of the molecule is COc1cc(F)ccc1NCc1nc(C)cs1. The fourth-order valence-corrected chi connectivity index (χ4v) is 2.18. The Bertz CT molecular complexity index is 513. The molecule has 0 radical (unpaired) electrons. The molecule has 1 heterocycles. The predicted octanol–water partition coefficient (Wildman–Crippen LogP) is 3.21. The standard InChI is InChI=1S/C12H13FN2OS/c1-8-7-17-12(15-8)6-14-10-4-3-9(13)5-11(10)16-2/h3-5,7,14H,6H2,1-2H3. The Labute approximate surface area is 103 Å². The van der Waals surface area contributed by atoms with Gasteiger partial charge in [-0.1, -0.05) is 0 Å². The highest BCUT2D eigenvalue weighted by Crippen LogP contribution is 2.25. The van der Waals surface area contributed by atoms with Gasteiger partial charge in [-0.25, -0.2) is 9.37 Å². The molecule has 0 fully saturated rings. The number of aryl methyl sites for hydroxylation is 1. The van der Waals surface area contributed by atoms with E-state index in [0.717, 1.165) is 16.4 Å². The maximum absolute atomic E-state index is 13.0. The Hall–Kier alpha value is -1.62. The van der Waals surface area contributed by atoms with Crippen molar-refractivity contribution >= 4 is 17.0 Å². The second-order valence-corrected chi connectivity index (χ2v) is 4.52. The molecule has 0 amide bonds. The zero-order chi connectivity index (χ0) is 12.3. The normalized spacial score (nSPS) is 10.3. The lowest BCUT2D eigenvalue weighted by atomic mass is 10.3. The predicted molar refractivity (Wildman–Crippen MR) is 67.1 cm³/mol. The number of halogens is 1. The Morgan fingerprint density at radius 2 is 2.29 bits per heavy atom. The van der Waals surface area contributed by atoms with Gasteiger partial charge in [-0.15, -0.1) is 11.3 Å². The van der Waals surface area contributed by atoms with Gasteiger partial charge in [0.15, 0.2) is 0 Å². The first-order valence-electron chi connectivity index (χ1n) is 5.17. The van der Waals surface area contributed by atoms with Gasteiger partial charge in [0.2, 0.25) is 0 Å². The molecular weight excluding hydrogens is 239 g/mol. The summed E-state index contributed by atoms with van der Waals surface area (Å²) < 4.78 is 18.1. The Balaban J connectivity index is 2.08. The number of methoxy groups -OCH3 is 1. The minimum atomic E-state index is -0.308. The fraction of sp³-hybridized carbons (Fsp3) is 0.250. The van der Waals surface area contributed by atoms with E-state index in [0.29, 0.717) is 12.3 Å². The molecule has 1 N–H and O–H groups in total. The van der Waals surface area contributed by atoms with Crippen LogP contribution in [-0.2, 0) is 6.54 Å². The molecule has 1 aromatic carbocycles. The van der Waals surface area contributed by atoms with Crippen LogP contribution in [0.15, 0.2) is 23.6 Å². The summed E-state index contributed by atoms with van der Waals surface area (Å²) in [6, 6.07) is 4.42. The molecule has 0 unspecified atom stereocenters. The zero-order valence-corrected chi connectivity index (χ0v) is 10.5. The molecule has 17 heavy (non-hydrogen) atoms. The molecule has 1 aromatic heterocycles. The summed E-state index contributed by atoms with van der Waals surface area (Å²) in [7, 11) is 1.52. The summed E-state index contributed by atoms with van der Waals surface area (Å²) in [5.74, 6) is 0.191. The van der Waals surface area contributed by atoms with Crippen molar-refractivity contribution in [1.82, 2.24) is 4.98 Å². The zero-order valence-electron chi connectivity index (χ0n) is 9.66. The molecule has 90 valence electrons. The van der Waals surface area contributed by atoms with E-state index in [1.165, 1.54) is 19.2 Å². The van der Waals surface area contributed by atoms with Gasteiger partial charge in [0.05, 0.1) is 19.3 Å². The van der Waals surface area contributed by atoms with E-state index >= 15 is 0 Å². The maximum atomic E-state index is 13.0. The number of hydrogen-bond donors (Lipinski definition) is 1. The summed E-state index contributed by atoms with van der Waals surface area (Å²) in [6.07, 6.45) is 0. The molecule has 0 aliphatic rings. The van der Waals surface area contributed by atoms with Gasteiger partial charge < -0.3 is 10.1 Å². The third-order valence-corrected chi connectivity index (χ3v) is 3.23. The lowest BCUT2D eigenvalue weighted by Gasteiger charge is -2.09. The summed E-state index contributed by atoms with van der Waals surface area (Å²) in [4.78, 5) is 4.34. The summed E-state index contributed by atoms with van der Waals surface area (Å²) >= 11 is 1.60. The Kier molecular flexibility index (Phi) is 3.58. The van der Waals surface area contributed by atoms with Crippen molar-refractivity contribution in [2.24, 2.45) is 0 Å². The van der Waals surface area contributed by atoms with Crippen molar-refractivity contribution < 1.29 is 9.13 Å². The van der Waals surface area contributed by atoms with Crippen LogP contribution in [0.4, 0.5) is 10.1 Å². The third kappa shape index (κ3) is 2.94.